The molecule has 132 valence electrons. The lowest BCUT2D eigenvalue weighted by molar-refractivity contribution is -0.384. The molecule has 1 heterocycles. The molecule has 0 aromatic heterocycles. The first-order valence-corrected chi connectivity index (χ1v) is 9.24. The molecule has 1 saturated heterocycles. The number of nitrogens with zero attached hydrogens (tertiary/aromatic N) is 2. The van der Waals surface area contributed by atoms with E-state index in [1.807, 2.05) is 0 Å². The molecule has 1 aliphatic rings. The third-order valence-corrected chi connectivity index (χ3v) is 5.66. The number of amides is 1. The Morgan fingerprint density at radius 1 is 1.23 bits per heavy atom. The highest BCUT2D eigenvalue weighted by molar-refractivity contribution is 8.27. The summed E-state index contributed by atoms with van der Waals surface area (Å²) in [5, 5.41) is 11.7. The maximum atomic E-state index is 12.8. The summed E-state index contributed by atoms with van der Waals surface area (Å²) in [5.74, 6) is -0.326. The normalized spacial score (nSPS) is 15.8. The van der Waals surface area contributed by atoms with Gasteiger partial charge in [-0.05, 0) is 36.8 Å². The SMILES string of the molecule is Cc1cc([N+](=O)[O-])ccc1N1C(=O)/C(=C/c2c(Cl)cccc2Cl)SC1=S. The number of carbonyl (C=O) groups is 1. The quantitative estimate of drug-likeness (QED) is 0.277. The summed E-state index contributed by atoms with van der Waals surface area (Å²) in [6.45, 7) is 1.69. The molecule has 2 aromatic rings. The molecule has 0 atom stereocenters. The largest absolute Gasteiger partial charge is 0.270 e. The fourth-order valence-electron chi connectivity index (χ4n) is 2.46. The number of thioether (sulfide) groups is 1. The molecule has 0 radical (unpaired) electrons. The number of benzene rings is 2. The molecule has 1 aliphatic heterocycles. The number of nitro benzene ring substituents is 1. The van der Waals surface area contributed by atoms with Crippen LogP contribution in [0.4, 0.5) is 11.4 Å². The Labute approximate surface area is 168 Å². The van der Waals surface area contributed by atoms with Gasteiger partial charge < -0.3 is 0 Å². The first-order chi connectivity index (χ1) is 12.3. The van der Waals surface area contributed by atoms with E-state index in [0.29, 0.717) is 36.1 Å². The zero-order valence-electron chi connectivity index (χ0n) is 13.2. The average Bonchev–Trinajstić information content (AvgIpc) is 2.85. The van der Waals surface area contributed by atoms with Gasteiger partial charge in [0.2, 0.25) is 0 Å². The predicted molar refractivity (Wildman–Crippen MR) is 110 cm³/mol. The van der Waals surface area contributed by atoms with E-state index in [1.165, 1.54) is 23.1 Å². The Morgan fingerprint density at radius 3 is 2.46 bits per heavy atom. The molecule has 0 spiro atoms. The minimum absolute atomic E-state index is 0.0462. The van der Waals surface area contributed by atoms with Gasteiger partial charge in [-0.1, -0.05) is 53.2 Å². The highest BCUT2D eigenvalue weighted by Gasteiger charge is 2.34. The molecule has 3 rings (SSSR count). The Balaban J connectivity index is 2.00. The molecule has 26 heavy (non-hydrogen) atoms. The van der Waals surface area contributed by atoms with Crippen LogP contribution in [0.1, 0.15) is 11.1 Å². The first-order valence-electron chi connectivity index (χ1n) is 7.26. The van der Waals surface area contributed by atoms with Crippen LogP contribution in [-0.4, -0.2) is 15.2 Å². The molecule has 9 heteroatoms. The molecule has 0 aliphatic carbocycles. The van der Waals surface area contributed by atoms with Crippen LogP contribution in [-0.2, 0) is 4.79 Å². The first kappa shape index (κ1) is 18.8. The number of hydrogen-bond donors (Lipinski definition) is 0. The number of nitro groups is 1. The second-order valence-corrected chi connectivity index (χ2v) is 7.87. The van der Waals surface area contributed by atoms with E-state index in [1.54, 1.807) is 31.2 Å². The maximum absolute atomic E-state index is 12.8. The fourth-order valence-corrected chi connectivity index (χ4v) is 4.23. The van der Waals surface area contributed by atoms with Crippen LogP contribution in [0.15, 0.2) is 41.3 Å². The van der Waals surface area contributed by atoms with Crippen molar-refractivity contribution in [3.63, 3.8) is 0 Å². The molecule has 0 saturated carbocycles. The van der Waals surface area contributed by atoms with Gasteiger partial charge in [-0.2, -0.15) is 0 Å². The van der Waals surface area contributed by atoms with E-state index in [2.05, 4.69) is 0 Å². The fraction of sp³-hybridized carbons (Fsp3) is 0.0588. The standard InChI is InChI=1S/C17H10Cl2N2O3S2/c1-9-7-10(21(23)24)5-6-14(9)20-16(22)15(26-17(20)25)8-11-12(18)3-2-4-13(11)19/h2-8H,1H3/b15-8-. The monoisotopic (exact) mass is 424 g/mol. The third kappa shape index (κ3) is 3.48. The summed E-state index contributed by atoms with van der Waals surface area (Å²) in [6, 6.07) is 9.34. The van der Waals surface area contributed by atoms with Gasteiger partial charge in [0, 0.05) is 27.7 Å². The Kier molecular flexibility index (Phi) is 5.34. The van der Waals surface area contributed by atoms with Crippen molar-refractivity contribution in [1.29, 1.82) is 0 Å². The second kappa shape index (κ2) is 7.36. The summed E-state index contributed by atoms with van der Waals surface area (Å²) in [6.07, 6.45) is 1.60. The molecular weight excluding hydrogens is 415 g/mol. The Morgan fingerprint density at radius 2 is 1.88 bits per heavy atom. The Hall–Kier alpha value is -1.93. The summed E-state index contributed by atoms with van der Waals surface area (Å²) >= 11 is 18.8. The van der Waals surface area contributed by atoms with Crippen molar-refractivity contribution in [2.24, 2.45) is 0 Å². The lowest BCUT2D eigenvalue weighted by atomic mass is 10.1. The van der Waals surface area contributed by atoms with E-state index >= 15 is 0 Å². The van der Waals surface area contributed by atoms with E-state index in [9.17, 15) is 14.9 Å². The smallest absolute Gasteiger partial charge is 0.268 e. The minimum Gasteiger partial charge on any atom is -0.268 e. The van der Waals surface area contributed by atoms with Crippen LogP contribution >= 0.6 is 47.2 Å². The molecule has 0 bridgehead atoms. The molecule has 0 unspecified atom stereocenters. The van der Waals surface area contributed by atoms with Crippen molar-refractivity contribution in [3.05, 3.63) is 72.6 Å². The van der Waals surface area contributed by atoms with Crippen LogP contribution in [0.3, 0.4) is 0 Å². The van der Waals surface area contributed by atoms with Gasteiger partial charge in [-0.25, -0.2) is 0 Å². The van der Waals surface area contributed by atoms with Gasteiger partial charge in [-0.3, -0.25) is 19.8 Å². The van der Waals surface area contributed by atoms with Crippen molar-refractivity contribution in [2.45, 2.75) is 6.92 Å². The van der Waals surface area contributed by atoms with Gasteiger partial charge >= 0.3 is 0 Å². The lowest BCUT2D eigenvalue weighted by Crippen LogP contribution is -2.28. The van der Waals surface area contributed by atoms with Crippen LogP contribution in [0.2, 0.25) is 10.0 Å². The summed E-state index contributed by atoms with van der Waals surface area (Å²) in [7, 11) is 0. The number of non-ortho nitro benzene ring substituents is 1. The lowest BCUT2D eigenvalue weighted by Gasteiger charge is -2.16. The zero-order valence-corrected chi connectivity index (χ0v) is 16.4. The number of hydrogen-bond acceptors (Lipinski definition) is 5. The topological polar surface area (TPSA) is 63.5 Å². The third-order valence-electron chi connectivity index (χ3n) is 3.70. The van der Waals surface area contributed by atoms with Crippen molar-refractivity contribution in [3.8, 4) is 0 Å². The highest BCUT2D eigenvalue weighted by atomic mass is 35.5. The van der Waals surface area contributed by atoms with Gasteiger partial charge in [-0.15, -0.1) is 0 Å². The number of anilines is 1. The molecule has 0 N–H and O–H groups in total. The predicted octanol–water partition coefficient (Wildman–Crippen LogP) is 5.62. The maximum Gasteiger partial charge on any atom is 0.270 e. The average molecular weight is 425 g/mol. The van der Waals surface area contributed by atoms with Gasteiger partial charge in [0.15, 0.2) is 4.32 Å². The Bertz CT molecular complexity index is 972. The van der Waals surface area contributed by atoms with Crippen LogP contribution in [0.5, 0.6) is 0 Å². The van der Waals surface area contributed by atoms with Crippen LogP contribution in [0.25, 0.3) is 6.08 Å². The van der Waals surface area contributed by atoms with Gasteiger partial charge in [0.1, 0.15) is 0 Å². The van der Waals surface area contributed by atoms with E-state index < -0.39 is 4.92 Å². The van der Waals surface area contributed by atoms with Gasteiger partial charge in [0.05, 0.1) is 15.5 Å². The molecule has 5 nitrogen and oxygen atoms in total. The van der Waals surface area contributed by atoms with Crippen LogP contribution in [0, 0.1) is 17.0 Å². The van der Waals surface area contributed by atoms with E-state index in [-0.39, 0.29) is 11.6 Å². The number of rotatable bonds is 3. The minimum atomic E-state index is -0.486. The van der Waals surface area contributed by atoms with Crippen molar-refractivity contribution in [1.82, 2.24) is 0 Å². The summed E-state index contributed by atoms with van der Waals surface area (Å²) < 4.78 is 0.335. The molecule has 1 amide bonds. The highest BCUT2D eigenvalue weighted by Crippen LogP contribution is 2.39. The zero-order chi connectivity index (χ0) is 19.0. The number of carbonyl (C=O) groups excluding carboxylic acids is 1. The van der Waals surface area contributed by atoms with Crippen molar-refractivity contribution >= 4 is 74.9 Å². The van der Waals surface area contributed by atoms with E-state index in [0.717, 1.165) is 11.8 Å². The van der Waals surface area contributed by atoms with E-state index in [4.69, 9.17) is 35.4 Å². The summed E-state index contributed by atoms with van der Waals surface area (Å²) in [4.78, 5) is 25.0. The van der Waals surface area contributed by atoms with Crippen molar-refractivity contribution < 1.29 is 9.72 Å². The van der Waals surface area contributed by atoms with Gasteiger partial charge in [0.25, 0.3) is 11.6 Å². The molecule has 1 fully saturated rings. The molecule has 2 aromatic carbocycles. The summed E-state index contributed by atoms with van der Waals surface area (Å²) in [5.41, 5.74) is 1.58. The van der Waals surface area contributed by atoms with Crippen LogP contribution < -0.4 is 4.90 Å². The molecular formula is C17H10Cl2N2O3S2. The number of aryl methyl sites for hydroxylation is 1. The number of thiocarbonyl (C=S) groups is 1. The second-order valence-electron chi connectivity index (χ2n) is 5.38. The number of halogens is 2. The van der Waals surface area contributed by atoms with Crippen molar-refractivity contribution in [2.75, 3.05) is 4.90 Å².